The molecule has 0 spiro atoms. The summed E-state index contributed by atoms with van der Waals surface area (Å²) in [5, 5.41) is 11.6. The van der Waals surface area contributed by atoms with Crippen LogP contribution in [0.25, 0.3) is 0 Å². The highest BCUT2D eigenvalue weighted by Crippen LogP contribution is 2.75. The Labute approximate surface area is 316 Å². The van der Waals surface area contributed by atoms with Gasteiger partial charge in [-0.1, -0.05) is 59.8 Å². The molecule has 0 aromatic heterocycles. The average Bonchev–Trinajstić information content (AvgIpc) is 3.58. The van der Waals surface area contributed by atoms with Crippen molar-refractivity contribution in [3.63, 3.8) is 0 Å². The van der Waals surface area contributed by atoms with Crippen molar-refractivity contribution < 1.29 is 32.4 Å². The molecule has 13 heteroatoms. The third kappa shape index (κ3) is 7.35. The number of ketones is 1. The van der Waals surface area contributed by atoms with Crippen molar-refractivity contribution in [1.82, 2.24) is 26.2 Å². The summed E-state index contributed by atoms with van der Waals surface area (Å²) in [4.78, 5) is 71.6. The molecule has 12 nitrogen and oxygen atoms in total. The minimum atomic E-state index is -3.58. The molecule has 1 heterocycles. The van der Waals surface area contributed by atoms with Crippen LogP contribution in [0, 0.1) is 40.9 Å². The molecule has 5 unspecified atom stereocenters. The Balaban J connectivity index is 1.44. The second-order valence-electron chi connectivity index (χ2n) is 18.6. The summed E-state index contributed by atoms with van der Waals surface area (Å²) in [6.07, 6.45) is 13.6. The molecule has 5 amide bonds. The number of hydrogen-bond acceptors (Lipinski definition) is 7. The summed E-state index contributed by atoms with van der Waals surface area (Å²) >= 11 is 0. The van der Waals surface area contributed by atoms with Crippen LogP contribution in [0.1, 0.15) is 132 Å². The molecule has 1 aliphatic heterocycles. The highest BCUT2D eigenvalue weighted by Gasteiger charge is 2.81. The Hall–Kier alpha value is -3.14. The predicted molar refractivity (Wildman–Crippen MR) is 203 cm³/mol. The lowest BCUT2D eigenvalue weighted by Gasteiger charge is -2.68. The van der Waals surface area contributed by atoms with Gasteiger partial charge in [-0.3, -0.25) is 19.2 Å². The number of amides is 5. The predicted octanol–water partition coefficient (Wildman–Crippen LogP) is 4.02. The van der Waals surface area contributed by atoms with Crippen LogP contribution in [0.3, 0.4) is 0 Å². The fraction of sp³-hybridized carbons (Fsp3) is 0.825. The fourth-order valence-electron chi connectivity index (χ4n) is 10.3. The van der Waals surface area contributed by atoms with Gasteiger partial charge in [0.2, 0.25) is 17.6 Å². The highest BCUT2D eigenvalue weighted by atomic mass is 32.2. The molecule has 5 rings (SSSR count). The first-order valence-electron chi connectivity index (χ1n) is 19.9. The number of nitrogens with one attached hydrogen (secondary N) is 4. The summed E-state index contributed by atoms with van der Waals surface area (Å²) in [7, 11) is -3.58. The summed E-state index contributed by atoms with van der Waals surface area (Å²) in [6.45, 7) is 13.9. The molecular weight excluding hydrogens is 695 g/mol. The first kappa shape index (κ1) is 41.0. The van der Waals surface area contributed by atoms with Crippen LogP contribution in [0.4, 0.5) is 4.79 Å². The molecule has 296 valence electrons. The van der Waals surface area contributed by atoms with Crippen LogP contribution in [0.15, 0.2) is 0 Å². The van der Waals surface area contributed by atoms with Crippen molar-refractivity contribution in [1.29, 1.82) is 0 Å². The van der Waals surface area contributed by atoms with Crippen LogP contribution in [0.5, 0.6) is 0 Å². The number of carbonyl (C=O) groups is 5. The maximum absolute atomic E-state index is 15.1. The Morgan fingerprint density at radius 3 is 2.13 bits per heavy atom. The Morgan fingerprint density at radius 1 is 0.925 bits per heavy atom. The van der Waals surface area contributed by atoms with E-state index in [9.17, 15) is 27.6 Å². The minimum absolute atomic E-state index is 0.0441. The Morgan fingerprint density at radius 2 is 1.55 bits per heavy atom. The van der Waals surface area contributed by atoms with Gasteiger partial charge in [-0.25, -0.2) is 13.2 Å². The lowest BCUT2D eigenvalue weighted by Crippen LogP contribution is -2.77. The van der Waals surface area contributed by atoms with E-state index in [0.29, 0.717) is 51.6 Å². The minimum Gasteiger partial charge on any atom is -0.349 e. The van der Waals surface area contributed by atoms with Crippen LogP contribution < -0.4 is 21.3 Å². The van der Waals surface area contributed by atoms with E-state index in [2.05, 4.69) is 41.0 Å². The normalized spacial score (nSPS) is 28.9. The number of rotatable bonds is 14. The molecule has 0 aromatic rings. The largest absolute Gasteiger partial charge is 0.349 e. The van der Waals surface area contributed by atoms with Gasteiger partial charge in [0.1, 0.15) is 11.6 Å². The van der Waals surface area contributed by atoms with Crippen LogP contribution >= 0.6 is 0 Å². The molecule has 5 fully saturated rings. The van der Waals surface area contributed by atoms with E-state index < -0.39 is 66.8 Å². The maximum Gasteiger partial charge on any atom is 0.315 e. The summed E-state index contributed by atoms with van der Waals surface area (Å²) < 4.78 is 25.9. The second kappa shape index (κ2) is 14.8. The van der Waals surface area contributed by atoms with Crippen molar-refractivity contribution in [3.05, 3.63) is 0 Å². The third-order valence-electron chi connectivity index (χ3n) is 13.9. The molecule has 4 aliphatic carbocycles. The highest BCUT2D eigenvalue weighted by molar-refractivity contribution is 7.92. The Kier molecular flexibility index (Phi) is 11.5. The smallest absolute Gasteiger partial charge is 0.315 e. The van der Waals surface area contributed by atoms with E-state index in [-0.39, 0.29) is 47.7 Å². The van der Waals surface area contributed by atoms with Gasteiger partial charge >= 0.3 is 6.03 Å². The van der Waals surface area contributed by atoms with E-state index >= 15 is 4.79 Å². The molecule has 4 N–H and O–H groups in total. The summed E-state index contributed by atoms with van der Waals surface area (Å²) in [5.74, 6) is 0.108. The van der Waals surface area contributed by atoms with Gasteiger partial charge in [-0.15, -0.1) is 12.3 Å². The van der Waals surface area contributed by atoms with Crippen molar-refractivity contribution in [3.8, 4) is 12.3 Å². The maximum atomic E-state index is 15.1. The van der Waals surface area contributed by atoms with E-state index in [1.807, 2.05) is 13.8 Å². The van der Waals surface area contributed by atoms with Crippen molar-refractivity contribution in [2.24, 2.45) is 28.6 Å². The number of carbonyl (C=O) groups excluding carboxylic acids is 5. The van der Waals surface area contributed by atoms with Crippen molar-refractivity contribution in [2.45, 2.75) is 160 Å². The first-order valence-corrected chi connectivity index (χ1v) is 21.5. The molecule has 0 aromatic carbocycles. The lowest BCUT2D eigenvalue weighted by molar-refractivity contribution is -0.203. The zero-order valence-electron chi connectivity index (χ0n) is 33.0. The number of urea groups is 1. The topological polar surface area (TPSA) is 171 Å². The van der Waals surface area contributed by atoms with E-state index in [0.717, 1.165) is 32.1 Å². The van der Waals surface area contributed by atoms with Gasteiger partial charge in [0.05, 0.1) is 22.1 Å². The first-order chi connectivity index (χ1) is 24.7. The van der Waals surface area contributed by atoms with Gasteiger partial charge < -0.3 is 26.2 Å². The van der Waals surface area contributed by atoms with Crippen molar-refractivity contribution >= 4 is 39.4 Å². The number of sulfone groups is 1. The SMILES string of the molecule is C#CCCC(NC(=O)C12CC3C1C(CN2C(=O)[C@@H](NC(=O)NC1(CS(=O)(=O)C(C)(C)C)CCCCC1)C1(C)CCCC1)C3(C)C)C(=O)C(=O)NCCC. The molecule has 4 saturated carbocycles. The molecular formula is C40H63N5O7S. The average molecular weight is 758 g/mol. The summed E-state index contributed by atoms with van der Waals surface area (Å²) in [5.41, 5.74) is -2.88. The fourth-order valence-corrected chi connectivity index (χ4v) is 11.8. The lowest BCUT2D eigenvalue weighted by atomic mass is 9.36. The van der Waals surface area contributed by atoms with Crippen LogP contribution in [-0.2, 0) is 29.0 Å². The zero-order valence-corrected chi connectivity index (χ0v) is 33.8. The number of terminal acetylenes is 1. The van der Waals surface area contributed by atoms with Gasteiger partial charge in [-0.2, -0.15) is 0 Å². The van der Waals surface area contributed by atoms with E-state index in [4.69, 9.17) is 6.42 Å². The van der Waals surface area contributed by atoms with Gasteiger partial charge in [0.15, 0.2) is 9.84 Å². The van der Waals surface area contributed by atoms with Gasteiger partial charge in [-0.05, 0) is 94.3 Å². The van der Waals surface area contributed by atoms with Crippen LogP contribution in [0.2, 0.25) is 0 Å². The summed E-state index contributed by atoms with van der Waals surface area (Å²) in [6, 6.07) is -2.68. The van der Waals surface area contributed by atoms with Gasteiger partial charge in [0.25, 0.3) is 5.91 Å². The molecule has 6 atom stereocenters. The number of nitrogens with zero attached hydrogens (tertiary/aromatic N) is 1. The zero-order chi connectivity index (χ0) is 39.2. The monoisotopic (exact) mass is 757 g/mol. The van der Waals surface area contributed by atoms with Crippen molar-refractivity contribution in [2.75, 3.05) is 18.8 Å². The quantitative estimate of drug-likeness (QED) is 0.153. The molecule has 1 saturated heterocycles. The van der Waals surface area contributed by atoms with Crippen LogP contribution in [-0.4, -0.2) is 89.6 Å². The second-order valence-corrected chi connectivity index (χ2v) is 21.4. The standard InChI is InChI=1S/C40H63N5O7S/c1-9-11-17-28(30(46)32(47)41-22-10-2)42-34(49)40-23-26-29(40)27(37(26,6)7)24-45(40)33(48)31(38(8)18-15-16-19-38)43-35(50)44-39(20-13-12-14-21-39)25-53(51,52)36(3,4)5/h1,26-29,31H,10-25H2,2-8H3,(H,41,47)(H,42,49)(H2,43,44,50)/t26?,27?,28?,29?,31-,40?/m1/s1. The Bertz CT molecular complexity index is 1620. The number of Topliss-reactive ketones (excluding diaryl/α,β-unsaturated/α-hetero) is 1. The molecule has 53 heavy (non-hydrogen) atoms. The molecule has 0 radical (unpaired) electrons. The van der Waals surface area contributed by atoms with E-state index in [1.54, 1.807) is 25.7 Å². The molecule has 0 bridgehead atoms. The number of likely N-dealkylation sites (tertiary alicyclic amines) is 1. The van der Waals surface area contributed by atoms with Gasteiger partial charge in [0, 0.05) is 19.5 Å². The number of hydrogen-bond donors (Lipinski definition) is 4. The third-order valence-corrected chi connectivity index (χ3v) is 16.7. The molecule has 5 aliphatic rings. The van der Waals surface area contributed by atoms with E-state index in [1.165, 1.54) is 0 Å².